The molecule has 5 nitrogen and oxygen atoms in total. The van der Waals surface area contributed by atoms with Crippen molar-refractivity contribution in [1.29, 1.82) is 0 Å². The molecule has 4 rings (SSSR count). The number of halogens is 1. The van der Waals surface area contributed by atoms with Gasteiger partial charge >= 0.3 is 7.12 Å². The van der Waals surface area contributed by atoms with Crippen LogP contribution in [-0.2, 0) is 14.0 Å². The number of anilines is 1. The summed E-state index contributed by atoms with van der Waals surface area (Å²) in [6.07, 6.45) is 1.85. The number of hydrogen-bond donors (Lipinski definition) is 0. The van der Waals surface area contributed by atoms with E-state index in [9.17, 15) is 4.39 Å². The van der Waals surface area contributed by atoms with Crippen molar-refractivity contribution in [1.82, 2.24) is 4.98 Å². The van der Waals surface area contributed by atoms with Crippen LogP contribution in [-0.4, -0.2) is 49.6 Å². The highest BCUT2D eigenvalue weighted by Crippen LogP contribution is 2.38. The van der Waals surface area contributed by atoms with Crippen molar-refractivity contribution >= 4 is 18.4 Å². The lowest BCUT2D eigenvalue weighted by atomic mass is 9.72. The number of ether oxygens (including phenoxy) is 1. The first-order chi connectivity index (χ1) is 13.7. The topological polar surface area (TPSA) is 43.8 Å². The standard InChI is InChI=1S/C22H28BFN2O3/c1-15-19(23-28-21(2,3)22(4,5)29-23)18(16-6-8-17(24)9-7-16)14-25-20(15)26-10-12-27-13-11-26/h6-9,14H,10-13H2,1-5H3. The predicted molar refractivity (Wildman–Crippen MR) is 113 cm³/mol. The van der Waals surface area contributed by atoms with Crippen LogP contribution in [0.4, 0.5) is 10.2 Å². The fourth-order valence-electron chi connectivity index (χ4n) is 3.83. The number of morpholine rings is 1. The number of nitrogens with zero attached hydrogens (tertiary/aromatic N) is 2. The van der Waals surface area contributed by atoms with E-state index in [0.29, 0.717) is 13.2 Å². The van der Waals surface area contributed by atoms with E-state index in [0.717, 1.165) is 41.1 Å². The smallest absolute Gasteiger partial charge is 0.399 e. The molecule has 1 aromatic carbocycles. The Balaban J connectivity index is 1.83. The van der Waals surface area contributed by atoms with Gasteiger partial charge in [0.25, 0.3) is 0 Å². The summed E-state index contributed by atoms with van der Waals surface area (Å²) in [6, 6.07) is 6.48. The first-order valence-corrected chi connectivity index (χ1v) is 10.1. The first-order valence-electron chi connectivity index (χ1n) is 10.1. The van der Waals surface area contributed by atoms with Crippen LogP contribution in [0, 0.1) is 12.7 Å². The largest absolute Gasteiger partial charge is 0.495 e. The van der Waals surface area contributed by atoms with Crippen molar-refractivity contribution in [3.05, 3.63) is 41.8 Å². The molecule has 1 aromatic heterocycles. The van der Waals surface area contributed by atoms with Gasteiger partial charge in [0.05, 0.1) is 24.4 Å². The fourth-order valence-corrected chi connectivity index (χ4v) is 3.83. The van der Waals surface area contributed by atoms with Gasteiger partial charge in [-0.1, -0.05) is 12.1 Å². The van der Waals surface area contributed by atoms with Gasteiger partial charge in [-0.05, 0) is 63.3 Å². The summed E-state index contributed by atoms with van der Waals surface area (Å²) in [5.41, 5.74) is 2.86. The van der Waals surface area contributed by atoms with E-state index in [4.69, 9.17) is 19.0 Å². The molecule has 0 atom stereocenters. The van der Waals surface area contributed by atoms with Crippen molar-refractivity contribution in [2.24, 2.45) is 0 Å². The summed E-state index contributed by atoms with van der Waals surface area (Å²) in [5.74, 6) is 0.657. The van der Waals surface area contributed by atoms with Crippen LogP contribution in [0.15, 0.2) is 30.5 Å². The maximum absolute atomic E-state index is 13.5. The SMILES string of the molecule is Cc1c(N2CCOCC2)ncc(-c2ccc(F)cc2)c1B1OC(C)(C)C(C)(C)O1. The monoisotopic (exact) mass is 398 g/mol. The summed E-state index contributed by atoms with van der Waals surface area (Å²) in [7, 11) is -0.525. The van der Waals surface area contributed by atoms with Gasteiger partial charge < -0.3 is 18.9 Å². The Morgan fingerprint density at radius 2 is 1.59 bits per heavy atom. The molecule has 2 aromatic rings. The van der Waals surface area contributed by atoms with Crippen molar-refractivity contribution in [2.45, 2.75) is 45.8 Å². The zero-order valence-electron chi connectivity index (χ0n) is 17.8. The maximum Gasteiger partial charge on any atom is 0.495 e. The lowest BCUT2D eigenvalue weighted by Crippen LogP contribution is -2.42. The molecule has 0 aliphatic carbocycles. The van der Waals surface area contributed by atoms with Crippen LogP contribution < -0.4 is 10.4 Å². The highest BCUT2D eigenvalue weighted by atomic mass is 19.1. The van der Waals surface area contributed by atoms with E-state index in [1.165, 1.54) is 12.1 Å². The van der Waals surface area contributed by atoms with Crippen LogP contribution in [0.5, 0.6) is 0 Å². The zero-order valence-corrected chi connectivity index (χ0v) is 17.8. The van der Waals surface area contributed by atoms with Gasteiger partial charge in [-0.15, -0.1) is 0 Å². The third kappa shape index (κ3) is 3.67. The summed E-state index contributed by atoms with van der Waals surface area (Å²) in [4.78, 5) is 7.01. The van der Waals surface area contributed by atoms with Crippen molar-refractivity contribution in [3.8, 4) is 11.1 Å². The normalized spacial score (nSPS) is 20.9. The lowest BCUT2D eigenvalue weighted by Gasteiger charge is -2.32. The molecular weight excluding hydrogens is 370 g/mol. The molecule has 2 aliphatic rings. The summed E-state index contributed by atoms with van der Waals surface area (Å²) in [5, 5.41) is 0. The second-order valence-corrected chi connectivity index (χ2v) is 8.73. The molecule has 3 heterocycles. The average molecular weight is 398 g/mol. The molecule has 0 amide bonds. The lowest BCUT2D eigenvalue weighted by molar-refractivity contribution is 0.00578. The van der Waals surface area contributed by atoms with E-state index in [1.807, 2.05) is 33.9 Å². The minimum atomic E-state index is -0.525. The van der Waals surface area contributed by atoms with Crippen molar-refractivity contribution in [3.63, 3.8) is 0 Å². The van der Waals surface area contributed by atoms with E-state index in [-0.39, 0.29) is 5.82 Å². The second kappa shape index (κ2) is 7.38. The molecule has 2 aliphatic heterocycles. The molecular formula is C22H28BFN2O3. The van der Waals surface area contributed by atoms with E-state index >= 15 is 0 Å². The van der Waals surface area contributed by atoms with Crippen molar-refractivity contribution in [2.75, 3.05) is 31.2 Å². The Labute approximate surface area is 172 Å². The Kier molecular flexibility index (Phi) is 5.17. The van der Waals surface area contributed by atoms with Crippen LogP contribution in [0.1, 0.15) is 33.3 Å². The molecule has 0 unspecified atom stereocenters. The third-order valence-corrected chi connectivity index (χ3v) is 6.30. The molecule has 0 radical (unpaired) electrons. The first kappa shape index (κ1) is 20.3. The molecule has 0 spiro atoms. The van der Waals surface area contributed by atoms with E-state index in [1.54, 1.807) is 12.1 Å². The van der Waals surface area contributed by atoms with Crippen LogP contribution >= 0.6 is 0 Å². The zero-order chi connectivity index (χ0) is 20.8. The van der Waals surface area contributed by atoms with Crippen LogP contribution in [0.25, 0.3) is 11.1 Å². The minimum Gasteiger partial charge on any atom is -0.399 e. The van der Waals surface area contributed by atoms with Crippen LogP contribution in [0.2, 0.25) is 0 Å². The number of hydrogen-bond acceptors (Lipinski definition) is 5. The Morgan fingerprint density at radius 1 is 1.00 bits per heavy atom. The van der Waals surface area contributed by atoms with Gasteiger partial charge in [-0.2, -0.15) is 0 Å². The van der Waals surface area contributed by atoms with Crippen molar-refractivity contribution < 1.29 is 18.4 Å². The molecule has 29 heavy (non-hydrogen) atoms. The molecule has 0 N–H and O–H groups in total. The van der Waals surface area contributed by atoms with Gasteiger partial charge in [-0.25, -0.2) is 9.37 Å². The molecule has 0 bridgehead atoms. The van der Waals surface area contributed by atoms with Gasteiger partial charge in [0.1, 0.15) is 11.6 Å². The number of aromatic nitrogens is 1. The minimum absolute atomic E-state index is 0.263. The Morgan fingerprint density at radius 3 is 2.17 bits per heavy atom. The quantitative estimate of drug-likeness (QED) is 0.743. The fraction of sp³-hybridized carbons (Fsp3) is 0.500. The van der Waals surface area contributed by atoms with E-state index < -0.39 is 18.3 Å². The van der Waals surface area contributed by atoms with Gasteiger partial charge in [0.15, 0.2) is 0 Å². The Hall–Kier alpha value is -1.96. The van der Waals surface area contributed by atoms with Gasteiger partial charge in [0, 0.05) is 24.8 Å². The molecule has 2 saturated heterocycles. The Bertz CT molecular complexity index is 880. The predicted octanol–water partition coefficient (Wildman–Crippen LogP) is 3.33. The van der Waals surface area contributed by atoms with Gasteiger partial charge in [0.2, 0.25) is 0 Å². The molecule has 7 heteroatoms. The van der Waals surface area contributed by atoms with Crippen LogP contribution in [0.3, 0.4) is 0 Å². The summed E-state index contributed by atoms with van der Waals surface area (Å²) < 4.78 is 31.8. The molecule has 154 valence electrons. The molecule has 0 saturated carbocycles. The van der Waals surface area contributed by atoms with E-state index in [2.05, 4.69) is 11.8 Å². The number of rotatable bonds is 3. The summed E-state index contributed by atoms with van der Waals surface area (Å²) in [6.45, 7) is 13.2. The maximum atomic E-state index is 13.5. The van der Waals surface area contributed by atoms with Gasteiger partial charge in [-0.3, -0.25) is 0 Å². The molecule has 2 fully saturated rings. The number of pyridine rings is 1. The summed E-state index contributed by atoms with van der Waals surface area (Å²) >= 11 is 0. The highest BCUT2D eigenvalue weighted by molar-refractivity contribution is 6.64. The highest BCUT2D eigenvalue weighted by Gasteiger charge is 2.53. The second-order valence-electron chi connectivity index (χ2n) is 8.73. The third-order valence-electron chi connectivity index (χ3n) is 6.30. The number of benzene rings is 1. The average Bonchev–Trinajstić information content (AvgIpc) is 2.89.